The molecule has 2 fully saturated rings. The Bertz CT molecular complexity index is 888. The van der Waals surface area contributed by atoms with Gasteiger partial charge in [0, 0.05) is 19.5 Å². The van der Waals surface area contributed by atoms with E-state index in [0.29, 0.717) is 18.2 Å². The van der Waals surface area contributed by atoms with Crippen LogP contribution in [0.3, 0.4) is 0 Å². The van der Waals surface area contributed by atoms with E-state index < -0.39 is 0 Å². The minimum absolute atomic E-state index is 0. The Labute approximate surface area is 224 Å². The lowest BCUT2D eigenvalue weighted by Crippen LogP contribution is -2.40. The highest BCUT2D eigenvalue weighted by Gasteiger charge is 2.22. The molecule has 2 heterocycles. The maximum atomic E-state index is 12.7. The van der Waals surface area contributed by atoms with Crippen molar-refractivity contribution in [1.82, 2.24) is 20.9 Å². The van der Waals surface area contributed by atoms with Crippen molar-refractivity contribution in [3.63, 3.8) is 0 Å². The van der Waals surface area contributed by atoms with E-state index in [1.807, 2.05) is 0 Å². The van der Waals surface area contributed by atoms with Crippen LogP contribution < -0.4 is 16.0 Å². The van der Waals surface area contributed by atoms with Crippen molar-refractivity contribution < 1.29 is 4.79 Å². The molecule has 5 nitrogen and oxygen atoms in total. The normalized spacial score (nSPS) is 17.3. The van der Waals surface area contributed by atoms with Gasteiger partial charge in [-0.15, -0.1) is 12.4 Å². The van der Waals surface area contributed by atoms with Gasteiger partial charge < -0.3 is 20.9 Å². The van der Waals surface area contributed by atoms with Gasteiger partial charge >= 0.3 is 0 Å². The molecule has 0 saturated carbocycles. The van der Waals surface area contributed by atoms with Crippen LogP contribution >= 0.6 is 12.4 Å². The van der Waals surface area contributed by atoms with Crippen LogP contribution in [0.2, 0.25) is 0 Å². The fraction of sp³-hybridized carbons (Fsp3) is 0.633. The Morgan fingerprint density at radius 2 is 1.47 bits per heavy atom. The second-order valence-corrected chi connectivity index (χ2v) is 10.6. The third kappa shape index (κ3) is 9.33. The number of unbranched alkanes of at least 4 members (excludes halogenated alkanes) is 1. The highest BCUT2D eigenvalue weighted by atomic mass is 35.5. The molecule has 36 heavy (non-hydrogen) atoms. The van der Waals surface area contributed by atoms with Crippen LogP contribution in [0.15, 0.2) is 42.5 Å². The molecule has 2 aliphatic rings. The smallest absolute Gasteiger partial charge is 0.222 e. The van der Waals surface area contributed by atoms with Crippen molar-refractivity contribution in [3.8, 4) is 0 Å². The van der Waals surface area contributed by atoms with Crippen molar-refractivity contribution >= 4 is 29.1 Å². The summed E-state index contributed by atoms with van der Waals surface area (Å²) < 4.78 is 0. The summed E-state index contributed by atoms with van der Waals surface area (Å²) in [6, 6.07) is 15.0. The zero-order valence-electron chi connectivity index (χ0n) is 22.0. The Morgan fingerprint density at radius 3 is 2.19 bits per heavy atom. The molecule has 0 aliphatic carbocycles. The lowest BCUT2D eigenvalue weighted by atomic mass is 9.96. The molecule has 2 aromatic carbocycles. The third-order valence-electron chi connectivity index (χ3n) is 7.97. The first-order valence-corrected chi connectivity index (χ1v) is 14.2. The molecule has 0 unspecified atom stereocenters. The fourth-order valence-electron chi connectivity index (χ4n) is 5.68. The van der Waals surface area contributed by atoms with Crippen LogP contribution in [0.5, 0.6) is 0 Å². The summed E-state index contributed by atoms with van der Waals surface area (Å²) in [5.41, 5.74) is 1.36. The minimum atomic E-state index is 0. The lowest BCUT2D eigenvalue weighted by Gasteiger charge is -2.32. The molecule has 200 valence electrons. The number of halogens is 1. The molecule has 0 radical (unpaired) electrons. The zero-order valence-corrected chi connectivity index (χ0v) is 22.8. The average Bonchev–Trinajstić information content (AvgIpc) is 2.91. The predicted octanol–water partition coefficient (Wildman–Crippen LogP) is 4.78. The molecule has 4 rings (SSSR count). The van der Waals surface area contributed by atoms with Crippen molar-refractivity contribution in [2.45, 2.75) is 57.8 Å². The van der Waals surface area contributed by atoms with Crippen LogP contribution in [0.25, 0.3) is 10.8 Å². The first kappa shape index (κ1) is 28.9. The van der Waals surface area contributed by atoms with E-state index in [4.69, 9.17) is 0 Å². The number of amides is 1. The van der Waals surface area contributed by atoms with Crippen molar-refractivity contribution in [2.75, 3.05) is 52.4 Å². The SMILES string of the molecule is Cl.O=C(CCCc1cccc2ccccc12)N1CCC(CNCCCCNCC2CCNCC2)CC1. The molecule has 0 bridgehead atoms. The number of nitrogens with one attached hydrogen (secondary N) is 3. The van der Waals surface area contributed by atoms with Crippen molar-refractivity contribution in [1.29, 1.82) is 0 Å². The number of carbonyl (C=O) groups is 1. The summed E-state index contributed by atoms with van der Waals surface area (Å²) in [5.74, 6) is 1.93. The van der Waals surface area contributed by atoms with E-state index in [1.165, 1.54) is 61.7 Å². The van der Waals surface area contributed by atoms with Gasteiger partial charge in [-0.1, -0.05) is 42.5 Å². The Balaban J connectivity index is 0.00000361. The van der Waals surface area contributed by atoms with Gasteiger partial charge in [0.15, 0.2) is 0 Å². The molecule has 1 amide bonds. The average molecular weight is 515 g/mol. The lowest BCUT2D eigenvalue weighted by molar-refractivity contribution is -0.132. The van der Waals surface area contributed by atoms with Crippen molar-refractivity contribution in [2.24, 2.45) is 11.8 Å². The van der Waals surface area contributed by atoms with E-state index in [9.17, 15) is 4.79 Å². The maximum absolute atomic E-state index is 12.7. The first-order valence-electron chi connectivity index (χ1n) is 14.2. The van der Waals surface area contributed by atoms with E-state index in [1.54, 1.807) is 0 Å². The van der Waals surface area contributed by atoms with Gasteiger partial charge in [0.25, 0.3) is 0 Å². The second kappa shape index (κ2) is 16.2. The maximum Gasteiger partial charge on any atom is 0.222 e. The monoisotopic (exact) mass is 514 g/mol. The number of nitrogens with zero attached hydrogens (tertiary/aromatic N) is 1. The Morgan fingerprint density at radius 1 is 0.833 bits per heavy atom. The number of fused-ring (bicyclic) bond motifs is 1. The van der Waals surface area contributed by atoms with Gasteiger partial charge in [0.2, 0.25) is 5.91 Å². The molecule has 2 saturated heterocycles. The first-order chi connectivity index (χ1) is 17.3. The number of benzene rings is 2. The van der Waals surface area contributed by atoms with Crippen LogP contribution in [-0.4, -0.2) is 63.2 Å². The highest BCUT2D eigenvalue weighted by Crippen LogP contribution is 2.21. The molecule has 0 atom stereocenters. The molecule has 0 spiro atoms. The standard InChI is InChI=1S/C30H46N4O.ClH/c35-30(12-6-10-28-9-5-8-27-7-1-2-11-29(27)28)34-21-15-26(16-22-34)24-33-18-4-3-17-32-23-25-13-19-31-20-14-25;/h1-2,5,7-9,11,25-26,31-33H,3-4,6,10,12-24H2;1H. The number of piperidine rings is 2. The third-order valence-corrected chi connectivity index (χ3v) is 7.97. The van der Waals surface area contributed by atoms with Gasteiger partial charge in [0.1, 0.15) is 0 Å². The van der Waals surface area contributed by atoms with E-state index in [2.05, 4.69) is 63.3 Å². The van der Waals surface area contributed by atoms with Crippen molar-refractivity contribution in [3.05, 3.63) is 48.0 Å². The van der Waals surface area contributed by atoms with Gasteiger partial charge in [-0.05, 0) is 119 Å². The molecular formula is C30H47ClN4O. The van der Waals surface area contributed by atoms with Gasteiger partial charge in [-0.25, -0.2) is 0 Å². The molecule has 2 aromatic rings. The molecule has 3 N–H and O–H groups in total. The van der Waals surface area contributed by atoms with Gasteiger partial charge in [0.05, 0.1) is 0 Å². The summed E-state index contributed by atoms with van der Waals surface area (Å²) in [6.07, 6.45) is 9.99. The molecule has 6 heteroatoms. The Hall–Kier alpha value is -1.66. The fourth-order valence-corrected chi connectivity index (χ4v) is 5.68. The summed E-state index contributed by atoms with van der Waals surface area (Å²) >= 11 is 0. The van der Waals surface area contributed by atoms with Crippen LogP contribution in [-0.2, 0) is 11.2 Å². The number of likely N-dealkylation sites (tertiary alicyclic amines) is 1. The number of aryl methyl sites for hydroxylation is 1. The number of hydrogen-bond acceptors (Lipinski definition) is 4. The topological polar surface area (TPSA) is 56.4 Å². The van der Waals surface area contributed by atoms with Crippen LogP contribution in [0, 0.1) is 11.8 Å². The second-order valence-electron chi connectivity index (χ2n) is 10.6. The van der Waals surface area contributed by atoms with Crippen LogP contribution in [0.1, 0.15) is 56.9 Å². The predicted molar refractivity (Wildman–Crippen MR) is 154 cm³/mol. The summed E-state index contributed by atoms with van der Waals surface area (Å²) in [6.45, 7) is 8.79. The Kier molecular flexibility index (Phi) is 13.0. The number of rotatable bonds is 13. The highest BCUT2D eigenvalue weighted by molar-refractivity contribution is 5.86. The summed E-state index contributed by atoms with van der Waals surface area (Å²) in [7, 11) is 0. The zero-order chi connectivity index (χ0) is 24.1. The molecule has 2 aliphatic heterocycles. The number of hydrogen-bond donors (Lipinski definition) is 3. The van der Waals surface area contributed by atoms with E-state index in [0.717, 1.165) is 64.3 Å². The summed E-state index contributed by atoms with van der Waals surface area (Å²) in [4.78, 5) is 14.9. The quantitative estimate of drug-likeness (QED) is 0.337. The van der Waals surface area contributed by atoms with Gasteiger partial charge in [-0.3, -0.25) is 4.79 Å². The molecular weight excluding hydrogens is 468 g/mol. The van der Waals surface area contributed by atoms with E-state index in [-0.39, 0.29) is 12.4 Å². The van der Waals surface area contributed by atoms with E-state index >= 15 is 0 Å². The summed E-state index contributed by atoms with van der Waals surface area (Å²) in [5, 5.41) is 13.4. The largest absolute Gasteiger partial charge is 0.343 e. The number of carbonyl (C=O) groups excluding carboxylic acids is 1. The van der Waals surface area contributed by atoms with Crippen LogP contribution in [0.4, 0.5) is 0 Å². The minimum Gasteiger partial charge on any atom is -0.343 e. The van der Waals surface area contributed by atoms with Gasteiger partial charge in [-0.2, -0.15) is 0 Å². The molecule has 0 aromatic heterocycles.